The summed E-state index contributed by atoms with van der Waals surface area (Å²) < 4.78 is 13.2. The number of amides is 1. The Morgan fingerprint density at radius 2 is 2.30 bits per heavy atom. The molecule has 1 aliphatic rings. The molecular weight excluding hydrogens is 267 g/mol. The predicted molar refractivity (Wildman–Crippen MR) is 68.8 cm³/mol. The molecule has 1 aromatic carbocycles. The molecule has 0 spiro atoms. The molecule has 0 radical (unpaired) electrons. The highest BCUT2D eigenvalue weighted by Crippen LogP contribution is 2.24. The molecule has 1 atom stereocenters. The Bertz CT molecular complexity index is 535. The third-order valence-corrected chi connectivity index (χ3v) is 3.45. The van der Waals surface area contributed by atoms with Crippen molar-refractivity contribution in [3.8, 4) is 0 Å². The third kappa shape index (κ3) is 2.93. The summed E-state index contributed by atoms with van der Waals surface area (Å²) in [6.45, 7) is 0.765. The van der Waals surface area contributed by atoms with Gasteiger partial charge in [-0.2, -0.15) is 0 Å². The Labute approximate surface area is 115 Å². The molecule has 1 heterocycles. The van der Waals surface area contributed by atoms with Crippen LogP contribution < -0.4 is 0 Å². The fraction of sp³-hybridized carbons (Fsp3) is 0.462. The first-order valence-electron chi connectivity index (χ1n) is 6.37. The normalized spacial score (nSPS) is 18.9. The van der Waals surface area contributed by atoms with E-state index >= 15 is 0 Å². The van der Waals surface area contributed by atoms with E-state index in [0.717, 1.165) is 31.0 Å². The maximum Gasteiger partial charge on any atom is 0.282 e. The first kappa shape index (κ1) is 14.4. The van der Waals surface area contributed by atoms with Crippen LogP contribution in [0.2, 0.25) is 0 Å². The van der Waals surface area contributed by atoms with Crippen LogP contribution in [0.1, 0.15) is 23.2 Å². The minimum atomic E-state index is -0.694. The van der Waals surface area contributed by atoms with Crippen molar-refractivity contribution in [2.75, 3.05) is 19.7 Å². The number of aliphatic hydroxyl groups is 1. The van der Waals surface area contributed by atoms with Gasteiger partial charge in [0.15, 0.2) is 0 Å². The number of benzene rings is 1. The molecule has 1 unspecified atom stereocenters. The van der Waals surface area contributed by atoms with Crippen LogP contribution in [-0.4, -0.2) is 40.5 Å². The second-order valence-corrected chi connectivity index (χ2v) is 4.86. The smallest absolute Gasteiger partial charge is 0.282 e. The Morgan fingerprint density at radius 1 is 1.55 bits per heavy atom. The second-order valence-electron chi connectivity index (χ2n) is 4.86. The van der Waals surface area contributed by atoms with Gasteiger partial charge in [-0.15, -0.1) is 0 Å². The predicted octanol–water partition coefficient (Wildman–Crippen LogP) is 1.58. The summed E-state index contributed by atoms with van der Waals surface area (Å²) in [7, 11) is 0. The number of carbonyl (C=O) groups excluding carboxylic acids is 1. The average molecular weight is 282 g/mol. The number of hydrogen-bond donors (Lipinski definition) is 1. The molecule has 1 aliphatic heterocycles. The molecule has 1 saturated heterocycles. The monoisotopic (exact) mass is 282 g/mol. The molecule has 7 heteroatoms. The van der Waals surface area contributed by atoms with Gasteiger partial charge in [0.2, 0.25) is 0 Å². The van der Waals surface area contributed by atoms with Crippen molar-refractivity contribution >= 4 is 11.6 Å². The summed E-state index contributed by atoms with van der Waals surface area (Å²) in [6.07, 6.45) is 1.53. The SMILES string of the molecule is O=C(c1cc(F)ccc1[N+](=O)[O-])N1CCCC(CO)C1. The number of carbonyl (C=O) groups is 1. The van der Waals surface area contributed by atoms with Crippen molar-refractivity contribution in [2.45, 2.75) is 12.8 Å². The van der Waals surface area contributed by atoms with Crippen molar-refractivity contribution in [2.24, 2.45) is 5.92 Å². The molecule has 0 bridgehead atoms. The van der Waals surface area contributed by atoms with Crippen LogP contribution >= 0.6 is 0 Å². The van der Waals surface area contributed by atoms with Crippen LogP contribution in [0, 0.1) is 21.8 Å². The number of hydrogen-bond acceptors (Lipinski definition) is 4. The number of likely N-dealkylation sites (tertiary alicyclic amines) is 1. The van der Waals surface area contributed by atoms with E-state index in [0.29, 0.717) is 13.1 Å². The van der Waals surface area contributed by atoms with Gasteiger partial charge in [-0.05, 0) is 30.9 Å². The first-order chi connectivity index (χ1) is 9.52. The van der Waals surface area contributed by atoms with E-state index in [1.165, 1.54) is 4.90 Å². The molecule has 1 aromatic rings. The fourth-order valence-electron chi connectivity index (χ4n) is 2.41. The topological polar surface area (TPSA) is 83.7 Å². The van der Waals surface area contributed by atoms with E-state index < -0.39 is 22.3 Å². The minimum Gasteiger partial charge on any atom is -0.396 e. The summed E-state index contributed by atoms with van der Waals surface area (Å²) in [5.41, 5.74) is -0.642. The maximum atomic E-state index is 13.2. The highest BCUT2D eigenvalue weighted by Gasteiger charge is 2.29. The van der Waals surface area contributed by atoms with Crippen molar-refractivity contribution in [1.82, 2.24) is 4.90 Å². The van der Waals surface area contributed by atoms with Crippen molar-refractivity contribution in [3.63, 3.8) is 0 Å². The number of piperidine rings is 1. The molecule has 0 aromatic heterocycles. The first-order valence-corrected chi connectivity index (χ1v) is 6.37. The van der Waals surface area contributed by atoms with E-state index in [9.17, 15) is 19.3 Å². The fourth-order valence-corrected chi connectivity index (χ4v) is 2.41. The molecular formula is C13H15FN2O4. The molecule has 2 rings (SSSR count). The number of nitro groups is 1. The Morgan fingerprint density at radius 3 is 2.95 bits per heavy atom. The van der Waals surface area contributed by atoms with Gasteiger partial charge in [0.1, 0.15) is 11.4 Å². The van der Waals surface area contributed by atoms with Gasteiger partial charge in [-0.1, -0.05) is 0 Å². The van der Waals surface area contributed by atoms with E-state index in [4.69, 9.17) is 5.11 Å². The highest BCUT2D eigenvalue weighted by molar-refractivity contribution is 5.98. The lowest BCUT2D eigenvalue weighted by Crippen LogP contribution is -2.41. The molecule has 1 N–H and O–H groups in total. The van der Waals surface area contributed by atoms with Crippen LogP contribution in [0.15, 0.2) is 18.2 Å². The summed E-state index contributed by atoms with van der Waals surface area (Å²) in [5.74, 6) is -1.27. The lowest BCUT2D eigenvalue weighted by Gasteiger charge is -2.31. The standard InChI is InChI=1S/C13H15FN2O4/c14-10-3-4-12(16(19)20)11(6-10)13(18)15-5-1-2-9(7-15)8-17/h3-4,6,9,17H,1-2,5,7-8H2. The minimum absolute atomic E-state index is 0.0275. The van der Waals surface area contributed by atoms with Crippen molar-refractivity contribution < 1.29 is 19.2 Å². The summed E-state index contributed by atoms with van der Waals surface area (Å²) in [4.78, 5) is 24.0. The summed E-state index contributed by atoms with van der Waals surface area (Å²) in [6, 6.07) is 2.85. The second kappa shape index (κ2) is 5.96. The molecule has 6 nitrogen and oxygen atoms in total. The molecule has 20 heavy (non-hydrogen) atoms. The quantitative estimate of drug-likeness (QED) is 0.674. The van der Waals surface area contributed by atoms with E-state index in [1.54, 1.807) is 0 Å². The van der Waals surface area contributed by atoms with Crippen LogP contribution in [0.4, 0.5) is 10.1 Å². The van der Waals surface area contributed by atoms with E-state index in [1.807, 2.05) is 0 Å². The lowest BCUT2D eigenvalue weighted by atomic mass is 9.98. The number of rotatable bonds is 3. The largest absolute Gasteiger partial charge is 0.396 e. The molecule has 1 fully saturated rings. The maximum absolute atomic E-state index is 13.2. The molecule has 1 amide bonds. The highest BCUT2D eigenvalue weighted by atomic mass is 19.1. The van der Waals surface area contributed by atoms with Gasteiger partial charge in [-0.3, -0.25) is 14.9 Å². The van der Waals surface area contributed by atoms with Crippen LogP contribution in [0.3, 0.4) is 0 Å². The Hall–Kier alpha value is -2.02. The molecule has 0 saturated carbocycles. The lowest BCUT2D eigenvalue weighted by molar-refractivity contribution is -0.385. The number of aliphatic hydroxyl groups excluding tert-OH is 1. The Kier molecular flexibility index (Phi) is 4.29. The van der Waals surface area contributed by atoms with E-state index in [-0.39, 0.29) is 18.1 Å². The van der Waals surface area contributed by atoms with Gasteiger partial charge in [0, 0.05) is 25.8 Å². The van der Waals surface area contributed by atoms with Crippen molar-refractivity contribution in [3.05, 3.63) is 39.7 Å². The van der Waals surface area contributed by atoms with Crippen LogP contribution in [0.5, 0.6) is 0 Å². The summed E-state index contributed by atoms with van der Waals surface area (Å²) in [5, 5.41) is 20.1. The average Bonchev–Trinajstić information content (AvgIpc) is 2.46. The number of nitrogens with zero attached hydrogens (tertiary/aromatic N) is 2. The van der Waals surface area contributed by atoms with Crippen molar-refractivity contribution in [1.29, 1.82) is 0 Å². The van der Waals surface area contributed by atoms with Crippen LogP contribution in [0.25, 0.3) is 0 Å². The van der Waals surface area contributed by atoms with Gasteiger partial charge in [0.25, 0.3) is 11.6 Å². The van der Waals surface area contributed by atoms with Crippen LogP contribution in [-0.2, 0) is 0 Å². The zero-order valence-electron chi connectivity index (χ0n) is 10.8. The van der Waals surface area contributed by atoms with E-state index in [2.05, 4.69) is 0 Å². The number of halogens is 1. The Balaban J connectivity index is 2.28. The number of nitro benzene ring substituents is 1. The zero-order chi connectivity index (χ0) is 14.7. The van der Waals surface area contributed by atoms with Gasteiger partial charge in [-0.25, -0.2) is 4.39 Å². The van der Waals surface area contributed by atoms with Gasteiger partial charge in [0.05, 0.1) is 4.92 Å². The molecule has 0 aliphatic carbocycles. The molecule has 108 valence electrons. The van der Waals surface area contributed by atoms with Gasteiger partial charge < -0.3 is 10.0 Å². The van der Waals surface area contributed by atoms with Gasteiger partial charge >= 0.3 is 0 Å². The summed E-state index contributed by atoms with van der Waals surface area (Å²) >= 11 is 0. The zero-order valence-corrected chi connectivity index (χ0v) is 10.8. The third-order valence-electron chi connectivity index (χ3n) is 3.45.